The van der Waals surface area contributed by atoms with Crippen molar-refractivity contribution in [1.29, 1.82) is 0 Å². The maximum Gasteiger partial charge on any atom is 0.00979 e. The molecule has 2 aliphatic rings. The first-order valence-corrected chi connectivity index (χ1v) is 9.58. The van der Waals surface area contributed by atoms with E-state index < -0.39 is 0 Å². The minimum atomic E-state index is 0.839. The number of fused-ring (bicyclic) bond motifs is 2. The molecule has 2 aliphatic carbocycles. The Balaban J connectivity index is 1.60. The van der Waals surface area contributed by atoms with E-state index in [9.17, 15) is 0 Å². The Morgan fingerprint density at radius 3 is 2.25 bits per heavy atom. The van der Waals surface area contributed by atoms with Crippen molar-refractivity contribution in [2.45, 2.75) is 96.9 Å². The monoisotopic (exact) mass is 279 g/mol. The van der Waals surface area contributed by atoms with E-state index >= 15 is 0 Å². The van der Waals surface area contributed by atoms with Gasteiger partial charge in [-0.2, -0.15) is 0 Å². The highest BCUT2D eigenvalue weighted by Gasteiger charge is 2.42. The second kappa shape index (κ2) is 9.07. The van der Waals surface area contributed by atoms with Gasteiger partial charge in [0.25, 0.3) is 0 Å². The van der Waals surface area contributed by atoms with Crippen LogP contribution in [-0.2, 0) is 0 Å². The van der Waals surface area contributed by atoms with E-state index in [1.165, 1.54) is 64.2 Å². The predicted molar refractivity (Wildman–Crippen MR) is 89.0 cm³/mol. The lowest BCUT2D eigenvalue weighted by Crippen LogP contribution is -2.38. The van der Waals surface area contributed by atoms with Crippen molar-refractivity contribution in [3.63, 3.8) is 0 Å². The third-order valence-corrected chi connectivity index (χ3v) is 5.89. The standard InChI is InChI=1S/C19H37N/c1-3-5-6-7-8-9-10-11-19(20-4-2)18-15-16-12-13-17(18)14-16/h16-20H,3-15H2,1-2H3. The van der Waals surface area contributed by atoms with Crippen LogP contribution in [0.5, 0.6) is 0 Å². The average Bonchev–Trinajstić information content (AvgIpc) is 3.08. The summed E-state index contributed by atoms with van der Waals surface area (Å²) in [4.78, 5) is 0. The summed E-state index contributed by atoms with van der Waals surface area (Å²) in [5, 5.41) is 3.82. The molecular formula is C19H37N. The van der Waals surface area contributed by atoms with Crippen LogP contribution >= 0.6 is 0 Å². The summed E-state index contributed by atoms with van der Waals surface area (Å²) in [7, 11) is 0. The Morgan fingerprint density at radius 2 is 1.65 bits per heavy atom. The Hall–Kier alpha value is -0.0400. The summed E-state index contributed by atoms with van der Waals surface area (Å²) >= 11 is 0. The van der Waals surface area contributed by atoms with E-state index in [1.54, 1.807) is 12.8 Å². The van der Waals surface area contributed by atoms with E-state index in [2.05, 4.69) is 19.2 Å². The van der Waals surface area contributed by atoms with Gasteiger partial charge in [-0.15, -0.1) is 0 Å². The number of unbranched alkanes of at least 4 members (excludes halogenated alkanes) is 6. The van der Waals surface area contributed by atoms with Gasteiger partial charge in [-0.3, -0.25) is 0 Å². The summed E-state index contributed by atoms with van der Waals surface area (Å²) in [6.45, 7) is 5.75. The fourth-order valence-electron chi connectivity index (χ4n) is 4.84. The maximum absolute atomic E-state index is 3.82. The van der Waals surface area contributed by atoms with Gasteiger partial charge in [0, 0.05) is 6.04 Å². The molecule has 2 bridgehead atoms. The molecule has 0 amide bonds. The fourth-order valence-corrected chi connectivity index (χ4v) is 4.84. The molecule has 4 atom stereocenters. The molecule has 118 valence electrons. The minimum absolute atomic E-state index is 0.839. The van der Waals surface area contributed by atoms with Gasteiger partial charge < -0.3 is 5.32 Å². The molecule has 0 spiro atoms. The van der Waals surface area contributed by atoms with Crippen LogP contribution < -0.4 is 5.32 Å². The minimum Gasteiger partial charge on any atom is -0.314 e. The van der Waals surface area contributed by atoms with Gasteiger partial charge in [-0.1, -0.05) is 65.2 Å². The molecule has 0 heterocycles. The smallest absolute Gasteiger partial charge is 0.00979 e. The van der Waals surface area contributed by atoms with Crippen LogP contribution in [0.15, 0.2) is 0 Å². The topological polar surface area (TPSA) is 12.0 Å². The van der Waals surface area contributed by atoms with Crippen molar-refractivity contribution in [3.8, 4) is 0 Å². The second-order valence-electron chi connectivity index (χ2n) is 7.41. The Bertz CT molecular complexity index is 250. The van der Waals surface area contributed by atoms with Gasteiger partial charge in [-0.05, 0) is 50.0 Å². The predicted octanol–water partition coefficient (Wildman–Crippen LogP) is 5.54. The van der Waals surface area contributed by atoms with Crippen LogP contribution in [0.3, 0.4) is 0 Å². The summed E-state index contributed by atoms with van der Waals surface area (Å²) in [6.07, 6.45) is 17.7. The number of nitrogens with one attached hydrogen (secondary N) is 1. The van der Waals surface area contributed by atoms with Crippen molar-refractivity contribution in [2.24, 2.45) is 17.8 Å². The molecule has 0 aromatic rings. The summed E-state index contributed by atoms with van der Waals surface area (Å²) in [5.41, 5.74) is 0. The molecule has 4 unspecified atom stereocenters. The van der Waals surface area contributed by atoms with Crippen LogP contribution in [0.1, 0.15) is 90.9 Å². The number of rotatable bonds is 11. The van der Waals surface area contributed by atoms with Crippen LogP contribution in [0.4, 0.5) is 0 Å². The van der Waals surface area contributed by atoms with Crippen molar-refractivity contribution >= 4 is 0 Å². The van der Waals surface area contributed by atoms with Crippen molar-refractivity contribution in [3.05, 3.63) is 0 Å². The molecule has 0 aliphatic heterocycles. The van der Waals surface area contributed by atoms with Crippen molar-refractivity contribution < 1.29 is 0 Å². The molecule has 1 N–H and O–H groups in total. The van der Waals surface area contributed by atoms with Gasteiger partial charge >= 0.3 is 0 Å². The van der Waals surface area contributed by atoms with E-state index in [1.807, 2.05) is 0 Å². The Morgan fingerprint density at radius 1 is 0.900 bits per heavy atom. The van der Waals surface area contributed by atoms with E-state index in [0.29, 0.717) is 0 Å². The lowest BCUT2D eigenvalue weighted by Gasteiger charge is -2.31. The third-order valence-electron chi connectivity index (χ3n) is 5.89. The average molecular weight is 280 g/mol. The molecule has 2 fully saturated rings. The number of hydrogen-bond donors (Lipinski definition) is 1. The van der Waals surface area contributed by atoms with Crippen LogP contribution in [0, 0.1) is 17.8 Å². The number of hydrogen-bond acceptors (Lipinski definition) is 1. The summed E-state index contributed by atoms with van der Waals surface area (Å²) in [5.74, 6) is 3.20. The maximum atomic E-state index is 3.82. The zero-order chi connectivity index (χ0) is 14.2. The second-order valence-corrected chi connectivity index (χ2v) is 7.41. The van der Waals surface area contributed by atoms with E-state index in [4.69, 9.17) is 0 Å². The first kappa shape index (κ1) is 16.3. The quantitative estimate of drug-likeness (QED) is 0.489. The van der Waals surface area contributed by atoms with E-state index in [-0.39, 0.29) is 0 Å². The molecule has 20 heavy (non-hydrogen) atoms. The molecule has 2 rings (SSSR count). The summed E-state index contributed by atoms with van der Waals surface area (Å²) < 4.78 is 0. The van der Waals surface area contributed by atoms with Crippen LogP contribution in [-0.4, -0.2) is 12.6 Å². The molecular weight excluding hydrogens is 242 g/mol. The largest absolute Gasteiger partial charge is 0.314 e. The fraction of sp³-hybridized carbons (Fsp3) is 1.00. The van der Waals surface area contributed by atoms with Crippen LogP contribution in [0.2, 0.25) is 0 Å². The molecule has 0 saturated heterocycles. The highest BCUT2D eigenvalue weighted by molar-refractivity contribution is 4.95. The normalized spacial score (nSPS) is 30.0. The molecule has 1 heteroatoms. The van der Waals surface area contributed by atoms with Crippen molar-refractivity contribution in [1.82, 2.24) is 5.32 Å². The third kappa shape index (κ3) is 4.76. The highest BCUT2D eigenvalue weighted by atomic mass is 14.9. The van der Waals surface area contributed by atoms with Gasteiger partial charge in [0.05, 0.1) is 0 Å². The first-order valence-electron chi connectivity index (χ1n) is 9.58. The Kier molecular flexibility index (Phi) is 7.41. The lowest BCUT2D eigenvalue weighted by atomic mass is 9.81. The molecule has 0 radical (unpaired) electrons. The van der Waals surface area contributed by atoms with Gasteiger partial charge in [0.2, 0.25) is 0 Å². The lowest BCUT2D eigenvalue weighted by molar-refractivity contribution is 0.236. The van der Waals surface area contributed by atoms with Gasteiger partial charge in [0.1, 0.15) is 0 Å². The van der Waals surface area contributed by atoms with E-state index in [0.717, 1.165) is 30.3 Å². The SMILES string of the molecule is CCCCCCCCCC(NCC)C1CC2CCC1C2. The Labute approximate surface area is 127 Å². The van der Waals surface area contributed by atoms with Crippen molar-refractivity contribution in [2.75, 3.05) is 6.54 Å². The van der Waals surface area contributed by atoms with Crippen LogP contribution in [0.25, 0.3) is 0 Å². The summed E-state index contributed by atoms with van der Waals surface area (Å²) in [6, 6.07) is 0.839. The first-order chi connectivity index (χ1) is 9.85. The molecule has 1 nitrogen and oxygen atoms in total. The molecule has 2 saturated carbocycles. The zero-order valence-electron chi connectivity index (χ0n) is 14.0. The zero-order valence-corrected chi connectivity index (χ0v) is 14.0. The van der Waals surface area contributed by atoms with Gasteiger partial charge in [-0.25, -0.2) is 0 Å². The highest BCUT2D eigenvalue weighted by Crippen LogP contribution is 2.50. The molecule has 0 aromatic carbocycles. The van der Waals surface area contributed by atoms with Gasteiger partial charge in [0.15, 0.2) is 0 Å². The molecule has 0 aromatic heterocycles.